The molecule has 1 nitrogen and oxygen atoms in total. The Balaban J connectivity index is 0.00000256. The summed E-state index contributed by atoms with van der Waals surface area (Å²) in [5, 5.41) is 0. The molecule has 0 heterocycles. The summed E-state index contributed by atoms with van der Waals surface area (Å²) in [6, 6.07) is 8.97. The van der Waals surface area contributed by atoms with Crippen LogP contribution < -0.4 is 5.73 Å². The molecule has 0 aliphatic heterocycles. The van der Waals surface area contributed by atoms with Crippen LogP contribution in [0.1, 0.15) is 63.6 Å². The van der Waals surface area contributed by atoms with Crippen molar-refractivity contribution in [1.82, 2.24) is 0 Å². The van der Waals surface area contributed by atoms with Crippen LogP contribution in [0.15, 0.2) is 24.3 Å². The van der Waals surface area contributed by atoms with Crippen molar-refractivity contribution in [2.45, 2.75) is 52.5 Å². The Morgan fingerprint density at radius 1 is 0.882 bits per heavy atom. The van der Waals surface area contributed by atoms with Gasteiger partial charge < -0.3 is 5.73 Å². The van der Waals surface area contributed by atoms with Crippen molar-refractivity contribution >= 4 is 12.4 Å². The second kappa shape index (κ2) is 7.73. The minimum atomic E-state index is 0. The lowest BCUT2D eigenvalue weighted by molar-refractivity contribution is 0.507. The van der Waals surface area contributed by atoms with Gasteiger partial charge in [0.05, 0.1) is 0 Å². The predicted molar refractivity (Wildman–Crippen MR) is 78.8 cm³/mol. The minimum absolute atomic E-state index is 0. The van der Waals surface area contributed by atoms with Gasteiger partial charge in [0.2, 0.25) is 0 Å². The van der Waals surface area contributed by atoms with Gasteiger partial charge in [0.15, 0.2) is 0 Å². The van der Waals surface area contributed by atoms with Crippen LogP contribution in [0.4, 0.5) is 0 Å². The first-order chi connectivity index (χ1) is 7.50. The summed E-state index contributed by atoms with van der Waals surface area (Å²) in [7, 11) is 0. The second-order valence-electron chi connectivity index (χ2n) is 5.40. The monoisotopic (exact) mass is 255 g/mol. The maximum absolute atomic E-state index is 6.17. The van der Waals surface area contributed by atoms with Crippen LogP contribution in [-0.4, -0.2) is 0 Å². The van der Waals surface area contributed by atoms with E-state index < -0.39 is 0 Å². The molecule has 98 valence electrons. The first kappa shape index (κ1) is 16.5. The molecule has 0 bridgehead atoms. The van der Waals surface area contributed by atoms with Gasteiger partial charge in [-0.1, -0.05) is 52.0 Å². The molecule has 2 heteroatoms. The zero-order chi connectivity index (χ0) is 12.1. The van der Waals surface area contributed by atoms with E-state index in [1.165, 1.54) is 17.5 Å². The molecule has 0 aliphatic carbocycles. The Bertz CT molecular complexity index is 303. The van der Waals surface area contributed by atoms with Crippen molar-refractivity contribution in [3.05, 3.63) is 35.4 Å². The van der Waals surface area contributed by atoms with Crippen LogP contribution in [0.25, 0.3) is 0 Å². The molecule has 0 aliphatic rings. The lowest BCUT2D eigenvalue weighted by atomic mass is 9.95. The maximum Gasteiger partial charge on any atom is 0.0294 e. The molecule has 0 aromatic heterocycles. The summed E-state index contributed by atoms with van der Waals surface area (Å²) >= 11 is 0. The van der Waals surface area contributed by atoms with Crippen molar-refractivity contribution < 1.29 is 0 Å². The highest BCUT2D eigenvalue weighted by atomic mass is 35.5. The lowest BCUT2D eigenvalue weighted by Gasteiger charge is -2.14. The third-order valence-corrected chi connectivity index (χ3v) is 3.09. The Labute approximate surface area is 112 Å². The van der Waals surface area contributed by atoms with Gasteiger partial charge in [0.25, 0.3) is 0 Å². The average molecular weight is 256 g/mol. The number of hydrogen-bond donors (Lipinski definition) is 1. The molecule has 0 amide bonds. The third kappa shape index (κ3) is 5.56. The first-order valence-electron chi connectivity index (χ1n) is 6.36. The van der Waals surface area contributed by atoms with Gasteiger partial charge >= 0.3 is 0 Å². The average Bonchev–Trinajstić information content (AvgIpc) is 2.26. The smallest absolute Gasteiger partial charge is 0.0294 e. The van der Waals surface area contributed by atoms with E-state index in [1.54, 1.807) is 0 Å². The third-order valence-electron chi connectivity index (χ3n) is 3.09. The SMILES string of the molecule is CC(C)CC[C@@H](N)c1ccc(C(C)C)cc1.Cl. The predicted octanol–water partition coefficient (Wildman–Crippen LogP) is 4.67. The van der Waals surface area contributed by atoms with E-state index in [0.29, 0.717) is 5.92 Å². The molecule has 0 spiro atoms. The molecule has 0 unspecified atom stereocenters. The first-order valence-corrected chi connectivity index (χ1v) is 6.36. The largest absolute Gasteiger partial charge is 0.324 e. The van der Waals surface area contributed by atoms with Crippen molar-refractivity contribution in [3.8, 4) is 0 Å². The molecule has 2 N–H and O–H groups in total. The molecule has 1 rings (SSSR count). The van der Waals surface area contributed by atoms with Crippen molar-refractivity contribution in [2.24, 2.45) is 11.7 Å². The number of nitrogens with two attached hydrogens (primary N) is 1. The van der Waals surface area contributed by atoms with E-state index in [-0.39, 0.29) is 18.4 Å². The van der Waals surface area contributed by atoms with E-state index in [2.05, 4.69) is 52.0 Å². The summed E-state index contributed by atoms with van der Waals surface area (Å²) in [5.41, 5.74) is 8.83. The lowest BCUT2D eigenvalue weighted by Crippen LogP contribution is -2.11. The molecule has 17 heavy (non-hydrogen) atoms. The van der Waals surface area contributed by atoms with Gasteiger partial charge in [-0.15, -0.1) is 12.4 Å². The molecule has 0 radical (unpaired) electrons. The van der Waals surface area contributed by atoms with E-state index >= 15 is 0 Å². The maximum atomic E-state index is 6.17. The highest BCUT2D eigenvalue weighted by Gasteiger charge is 2.07. The standard InChI is InChI=1S/C15H25N.ClH/c1-11(2)5-10-15(16)14-8-6-13(7-9-14)12(3)4;/h6-9,11-12,15H,5,10,16H2,1-4H3;1H/t15-;/m1./s1. The molecule has 0 saturated heterocycles. The van der Waals surface area contributed by atoms with Gasteiger partial charge in [-0.25, -0.2) is 0 Å². The number of benzene rings is 1. The van der Waals surface area contributed by atoms with Gasteiger partial charge in [-0.05, 0) is 35.8 Å². The fourth-order valence-electron chi connectivity index (χ4n) is 1.81. The zero-order valence-electron chi connectivity index (χ0n) is 11.4. The summed E-state index contributed by atoms with van der Waals surface area (Å²) in [6.45, 7) is 8.92. The molecular weight excluding hydrogens is 230 g/mol. The number of hydrogen-bond acceptors (Lipinski definition) is 1. The molecule has 1 aromatic carbocycles. The van der Waals surface area contributed by atoms with Gasteiger partial charge in [-0.2, -0.15) is 0 Å². The fraction of sp³-hybridized carbons (Fsp3) is 0.600. The van der Waals surface area contributed by atoms with E-state index in [1.807, 2.05) is 0 Å². The van der Waals surface area contributed by atoms with Gasteiger partial charge in [0.1, 0.15) is 0 Å². The Morgan fingerprint density at radius 3 is 1.76 bits per heavy atom. The van der Waals surface area contributed by atoms with E-state index in [4.69, 9.17) is 5.73 Å². The summed E-state index contributed by atoms with van der Waals surface area (Å²) in [5.74, 6) is 1.34. The van der Waals surface area contributed by atoms with Crippen LogP contribution in [0.5, 0.6) is 0 Å². The van der Waals surface area contributed by atoms with Crippen molar-refractivity contribution in [1.29, 1.82) is 0 Å². The van der Waals surface area contributed by atoms with E-state index in [0.717, 1.165) is 12.3 Å². The normalized spacial score (nSPS) is 12.6. The molecule has 1 aromatic rings. The van der Waals surface area contributed by atoms with Gasteiger partial charge in [-0.3, -0.25) is 0 Å². The fourth-order valence-corrected chi connectivity index (χ4v) is 1.81. The highest BCUT2D eigenvalue weighted by Crippen LogP contribution is 2.21. The Hall–Kier alpha value is -0.530. The Morgan fingerprint density at radius 2 is 1.35 bits per heavy atom. The quantitative estimate of drug-likeness (QED) is 0.813. The highest BCUT2D eigenvalue weighted by molar-refractivity contribution is 5.85. The van der Waals surface area contributed by atoms with Crippen molar-refractivity contribution in [2.75, 3.05) is 0 Å². The van der Waals surface area contributed by atoms with Crippen LogP contribution in [0, 0.1) is 5.92 Å². The van der Waals surface area contributed by atoms with E-state index in [9.17, 15) is 0 Å². The number of rotatable bonds is 5. The summed E-state index contributed by atoms with van der Waals surface area (Å²) in [4.78, 5) is 0. The minimum Gasteiger partial charge on any atom is -0.324 e. The summed E-state index contributed by atoms with van der Waals surface area (Å²) in [6.07, 6.45) is 2.28. The molecule has 1 atom stereocenters. The molecule has 0 saturated carbocycles. The van der Waals surface area contributed by atoms with Crippen LogP contribution in [0.2, 0.25) is 0 Å². The second-order valence-corrected chi connectivity index (χ2v) is 5.40. The summed E-state index contributed by atoms with van der Waals surface area (Å²) < 4.78 is 0. The van der Waals surface area contributed by atoms with Crippen LogP contribution in [0.3, 0.4) is 0 Å². The molecule has 0 fully saturated rings. The van der Waals surface area contributed by atoms with Crippen LogP contribution in [-0.2, 0) is 0 Å². The Kier molecular flexibility index (Phi) is 7.49. The number of halogens is 1. The van der Waals surface area contributed by atoms with Gasteiger partial charge in [0, 0.05) is 6.04 Å². The van der Waals surface area contributed by atoms with Crippen LogP contribution >= 0.6 is 12.4 Å². The zero-order valence-corrected chi connectivity index (χ0v) is 12.3. The topological polar surface area (TPSA) is 26.0 Å². The molecular formula is C15H26ClN. The van der Waals surface area contributed by atoms with Crippen molar-refractivity contribution in [3.63, 3.8) is 0 Å².